The highest BCUT2D eigenvalue weighted by Crippen LogP contribution is 2.56. The van der Waals surface area contributed by atoms with Crippen LogP contribution in [-0.2, 0) is 12.8 Å². The van der Waals surface area contributed by atoms with Gasteiger partial charge in [0.15, 0.2) is 0 Å². The van der Waals surface area contributed by atoms with Crippen LogP contribution in [0.1, 0.15) is 30.4 Å². The van der Waals surface area contributed by atoms with Gasteiger partial charge in [0.2, 0.25) is 0 Å². The van der Waals surface area contributed by atoms with Crippen LogP contribution in [0.4, 0.5) is 0 Å². The molecule has 6 aromatic rings. The van der Waals surface area contributed by atoms with Gasteiger partial charge in [0.25, 0.3) is 0 Å². The molecule has 2 nitrogen and oxygen atoms in total. The van der Waals surface area contributed by atoms with Gasteiger partial charge in [0.1, 0.15) is 23.2 Å². The molecule has 6 aromatic carbocycles. The molecule has 0 amide bonds. The predicted molar refractivity (Wildman–Crippen MR) is 203 cm³/mol. The average Bonchev–Trinajstić information content (AvgIpc) is 3.80. The fourth-order valence-electron chi connectivity index (χ4n) is 7.84. The monoisotopic (exact) mass is 660 g/mol. The molecule has 0 radical (unpaired) electrons. The SMILES string of the molecule is c1ccc(P(c2ccccc2)c2cccc3c2OC2CCC4CC4(C3)Oc3c(cccc3P(c3ccccc3)c3ccccc3)C2)cc1. The van der Waals surface area contributed by atoms with Crippen molar-refractivity contribution in [3.8, 4) is 11.5 Å². The number of hydrogen-bond acceptors (Lipinski definition) is 2. The third-order valence-corrected chi connectivity index (χ3v) is 15.2. The molecular formula is C44H38O2P2. The summed E-state index contributed by atoms with van der Waals surface area (Å²) in [6.45, 7) is 0. The number of fused-ring (bicyclic) bond motifs is 4. The highest BCUT2D eigenvalue weighted by Gasteiger charge is 2.58. The standard InChI is InChI=1S/C44H38O2P2/c1-5-17-36(18-6-1)47(37-19-7-2-8-20-37)40-25-14-16-33-30-44-31-34(44)27-28-35(45-42(33)40)29-32-15-13-26-41(43(32)46-44)48(38-21-9-3-10-22-38)39-23-11-4-12-24-39/h1-26,34-35H,27-31H2. The highest BCUT2D eigenvalue weighted by molar-refractivity contribution is 7.80. The molecule has 1 aliphatic carbocycles. The Morgan fingerprint density at radius 3 is 1.48 bits per heavy atom. The normalized spacial score (nSPS) is 20.9. The van der Waals surface area contributed by atoms with Crippen molar-refractivity contribution >= 4 is 47.7 Å². The molecule has 3 unspecified atom stereocenters. The Balaban J connectivity index is 1.18. The molecule has 4 heteroatoms. The Hall–Kier alpha value is -4.22. The molecule has 2 heterocycles. The summed E-state index contributed by atoms with van der Waals surface area (Å²) in [4.78, 5) is 0. The molecule has 9 rings (SSSR count). The number of hydrogen-bond donors (Lipinski definition) is 0. The van der Waals surface area contributed by atoms with Crippen LogP contribution in [0.2, 0.25) is 0 Å². The minimum absolute atomic E-state index is 0.0695. The molecule has 0 spiro atoms. The van der Waals surface area contributed by atoms with E-state index in [2.05, 4.69) is 158 Å². The van der Waals surface area contributed by atoms with Gasteiger partial charge in [-0.3, -0.25) is 0 Å². The largest absolute Gasteiger partial charge is 0.489 e. The third-order valence-electron chi connectivity index (χ3n) is 10.2. The summed E-state index contributed by atoms with van der Waals surface area (Å²) in [5.41, 5.74) is 2.34. The lowest BCUT2D eigenvalue weighted by Crippen LogP contribution is -2.32. The van der Waals surface area contributed by atoms with Gasteiger partial charge in [-0.2, -0.15) is 0 Å². The quantitative estimate of drug-likeness (QED) is 0.171. The van der Waals surface area contributed by atoms with Crippen LogP contribution >= 0.6 is 15.8 Å². The lowest BCUT2D eigenvalue weighted by molar-refractivity contribution is 0.158. The van der Waals surface area contributed by atoms with Gasteiger partial charge in [-0.25, -0.2) is 0 Å². The Morgan fingerprint density at radius 2 is 0.958 bits per heavy atom. The zero-order chi connectivity index (χ0) is 31.9. The number of ether oxygens (including phenoxy) is 2. The Labute approximate surface area is 286 Å². The molecule has 2 aliphatic heterocycles. The van der Waals surface area contributed by atoms with Crippen molar-refractivity contribution < 1.29 is 9.47 Å². The molecule has 2 bridgehead atoms. The van der Waals surface area contributed by atoms with Gasteiger partial charge in [0.05, 0.1) is 0 Å². The van der Waals surface area contributed by atoms with Gasteiger partial charge < -0.3 is 9.47 Å². The summed E-state index contributed by atoms with van der Waals surface area (Å²) < 4.78 is 14.9. The van der Waals surface area contributed by atoms with E-state index in [0.717, 1.165) is 43.6 Å². The van der Waals surface area contributed by atoms with E-state index in [1.807, 2.05) is 0 Å². The number of para-hydroxylation sites is 2. The topological polar surface area (TPSA) is 18.5 Å². The first-order chi connectivity index (χ1) is 23.8. The van der Waals surface area contributed by atoms with E-state index in [0.29, 0.717) is 5.92 Å². The molecule has 1 fully saturated rings. The third kappa shape index (κ3) is 5.56. The van der Waals surface area contributed by atoms with E-state index >= 15 is 0 Å². The van der Waals surface area contributed by atoms with Crippen molar-refractivity contribution in [2.45, 2.75) is 43.8 Å². The van der Waals surface area contributed by atoms with Crippen LogP contribution in [0.15, 0.2) is 158 Å². The molecule has 3 atom stereocenters. The smallest absolute Gasteiger partial charge is 0.131 e. The lowest BCUT2D eigenvalue weighted by Gasteiger charge is -2.31. The second-order valence-corrected chi connectivity index (χ2v) is 17.7. The van der Waals surface area contributed by atoms with Gasteiger partial charge in [-0.1, -0.05) is 158 Å². The fraction of sp³-hybridized carbons (Fsp3) is 0.182. The average molecular weight is 661 g/mol. The van der Waals surface area contributed by atoms with Gasteiger partial charge in [0, 0.05) is 29.4 Å². The van der Waals surface area contributed by atoms with E-state index < -0.39 is 15.8 Å². The van der Waals surface area contributed by atoms with E-state index in [4.69, 9.17) is 9.47 Å². The Bertz CT molecular complexity index is 1950. The van der Waals surface area contributed by atoms with Gasteiger partial charge >= 0.3 is 0 Å². The van der Waals surface area contributed by atoms with Crippen LogP contribution in [0.5, 0.6) is 11.5 Å². The zero-order valence-corrected chi connectivity index (χ0v) is 28.7. The second kappa shape index (κ2) is 12.7. The minimum Gasteiger partial charge on any atom is -0.489 e. The van der Waals surface area contributed by atoms with Crippen molar-refractivity contribution in [2.75, 3.05) is 0 Å². The van der Waals surface area contributed by atoms with Crippen LogP contribution in [0.3, 0.4) is 0 Å². The summed E-state index contributed by atoms with van der Waals surface area (Å²) in [5.74, 6) is 2.72. The maximum atomic E-state index is 7.55. The summed E-state index contributed by atoms with van der Waals surface area (Å²) in [6, 6.07) is 57.8. The van der Waals surface area contributed by atoms with E-state index in [1.54, 1.807) is 0 Å². The molecule has 0 saturated heterocycles. The van der Waals surface area contributed by atoms with E-state index in [1.165, 1.54) is 43.0 Å². The first kappa shape index (κ1) is 29.9. The predicted octanol–water partition coefficient (Wildman–Crippen LogP) is 7.68. The zero-order valence-electron chi connectivity index (χ0n) is 26.9. The summed E-state index contributed by atoms with van der Waals surface area (Å²) >= 11 is 0. The van der Waals surface area contributed by atoms with Crippen molar-refractivity contribution in [2.24, 2.45) is 5.92 Å². The van der Waals surface area contributed by atoms with Crippen molar-refractivity contribution in [3.05, 3.63) is 169 Å². The summed E-state index contributed by atoms with van der Waals surface area (Å²) in [7, 11) is -1.60. The molecule has 48 heavy (non-hydrogen) atoms. The lowest BCUT2D eigenvalue weighted by atomic mass is 10.0. The van der Waals surface area contributed by atoms with E-state index in [9.17, 15) is 0 Å². The first-order valence-electron chi connectivity index (χ1n) is 17.2. The second-order valence-electron chi connectivity index (χ2n) is 13.3. The molecule has 3 aliphatic rings. The first-order valence-corrected chi connectivity index (χ1v) is 19.8. The van der Waals surface area contributed by atoms with Crippen molar-refractivity contribution in [3.63, 3.8) is 0 Å². The van der Waals surface area contributed by atoms with Crippen LogP contribution in [-0.4, -0.2) is 11.7 Å². The van der Waals surface area contributed by atoms with Crippen molar-refractivity contribution in [1.82, 2.24) is 0 Å². The fourth-order valence-corrected chi connectivity index (χ4v) is 12.7. The summed E-state index contributed by atoms with van der Waals surface area (Å²) in [5, 5.41) is 8.02. The number of rotatable bonds is 6. The Morgan fingerprint density at radius 1 is 0.479 bits per heavy atom. The van der Waals surface area contributed by atoms with E-state index in [-0.39, 0.29) is 11.7 Å². The van der Waals surface area contributed by atoms with Crippen molar-refractivity contribution in [1.29, 1.82) is 0 Å². The molecular weight excluding hydrogens is 622 g/mol. The maximum absolute atomic E-state index is 7.55. The molecule has 0 aromatic heterocycles. The molecule has 1 saturated carbocycles. The van der Waals surface area contributed by atoms with Crippen LogP contribution < -0.4 is 41.3 Å². The minimum atomic E-state index is -0.799. The molecule has 236 valence electrons. The Kier molecular flexibility index (Phi) is 7.89. The maximum Gasteiger partial charge on any atom is 0.131 e. The highest BCUT2D eigenvalue weighted by atomic mass is 31.1. The summed E-state index contributed by atoms with van der Waals surface area (Å²) in [6.07, 6.45) is 5.03. The molecule has 0 N–H and O–H groups in total. The van der Waals surface area contributed by atoms with Gasteiger partial charge in [-0.05, 0) is 67.5 Å². The van der Waals surface area contributed by atoms with Crippen LogP contribution in [0, 0.1) is 5.92 Å². The van der Waals surface area contributed by atoms with Crippen LogP contribution in [0.25, 0.3) is 0 Å². The van der Waals surface area contributed by atoms with Gasteiger partial charge in [-0.15, -0.1) is 0 Å². The number of benzene rings is 6.